The Hall–Kier alpha value is -3.32. The third kappa shape index (κ3) is 3.21. The maximum atomic E-state index is 13.4. The molecule has 2 aromatic carbocycles. The first kappa shape index (κ1) is 20.0. The second-order valence-electron chi connectivity index (χ2n) is 7.31. The smallest absolute Gasteiger partial charge is 0.290 e. The largest absolute Gasteiger partial charge is 0.504 e. The summed E-state index contributed by atoms with van der Waals surface area (Å²) in [6.45, 7) is 4.21. The van der Waals surface area contributed by atoms with Crippen molar-refractivity contribution in [2.24, 2.45) is 0 Å². The van der Waals surface area contributed by atoms with Crippen LogP contribution in [0.15, 0.2) is 45.6 Å². The van der Waals surface area contributed by atoms with Crippen molar-refractivity contribution in [1.82, 2.24) is 4.90 Å². The van der Waals surface area contributed by atoms with Crippen LogP contribution in [0.25, 0.3) is 11.0 Å². The Bertz CT molecular complexity index is 1180. The molecule has 0 saturated carbocycles. The number of hydrogen-bond acceptors (Lipinski definition) is 6. The minimum atomic E-state index is -0.694. The lowest BCUT2D eigenvalue weighted by molar-refractivity contribution is 0.0716. The van der Waals surface area contributed by atoms with E-state index in [4.69, 9.17) is 9.15 Å². The van der Waals surface area contributed by atoms with Crippen molar-refractivity contribution in [3.8, 4) is 11.5 Å². The summed E-state index contributed by atoms with van der Waals surface area (Å²) in [5.41, 5.74) is 1.91. The number of ether oxygens (including phenoxy) is 1. The maximum Gasteiger partial charge on any atom is 0.290 e. The Kier molecular flexibility index (Phi) is 5.22. The number of aliphatic hydroxyl groups is 1. The molecule has 1 amide bonds. The van der Waals surface area contributed by atoms with Gasteiger partial charge in [-0.3, -0.25) is 9.59 Å². The van der Waals surface area contributed by atoms with Gasteiger partial charge in [0.15, 0.2) is 16.9 Å². The van der Waals surface area contributed by atoms with Gasteiger partial charge >= 0.3 is 0 Å². The molecule has 0 spiro atoms. The van der Waals surface area contributed by atoms with Gasteiger partial charge in [0.2, 0.25) is 5.76 Å². The predicted molar refractivity (Wildman–Crippen MR) is 111 cm³/mol. The van der Waals surface area contributed by atoms with E-state index in [1.807, 2.05) is 13.0 Å². The van der Waals surface area contributed by atoms with E-state index in [1.54, 1.807) is 31.2 Å². The number of carbonyl (C=O) groups is 1. The lowest BCUT2D eigenvalue weighted by Crippen LogP contribution is -2.31. The van der Waals surface area contributed by atoms with Gasteiger partial charge < -0.3 is 24.3 Å². The number of nitrogens with zero attached hydrogens (tertiary/aromatic N) is 1. The SMILES string of the molecule is CCOc1cc([C@@H]2c3c(oc4ccc(C)cc4c3=O)C(=O)N2CCCO)ccc1O. The zero-order chi connectivity index (χ0) is 21.4. The van der Waals surface area contributed by atoms with E-state index >= 15 is 0 Å². The fourth-order valence-electron chi connectivity index (χ4n) is 3.92. The summed E-state index contributed by atoms with van der Waals surface area (Å²) in [6.07, 6.45) is 0.361. The molecule has 156 valence electrons. The zero-order valence-corrected chi connectivity index (χ0v) is 16.8. The second kappa shape index (κ2) is 7.84. The van der Waals surface area contributed by atoms with Crippen molar-refractivity contribution in [2.75, 3.05) is 19.8 Å². The van der Waals surface area contributed by atoms with Crippen molar-refractivity contribution < 1.29 is 24.2 Å². The van der Waals surface area contributed by atoms with Crippen molar-refractivity contribution in [2.45, 2.75) is 26.3 Å². The summed E-state index contributed by atoms with van der Waals surface area (Å²) in [5.74, 6) is -0.119. The molecule has 1 atom stereocenters. The van der Waals surface area contributed by atoms with Crippen LogP contribution in [0.4, 0.5) is 0 Å². The Morgan fingerprint density at radius 2 is 1.97 bits per heavy atom. The van der Waals surface area contributed by atoms with E-state index in [1.165, 1.54) is 11.0 Å². The Labute approximate surface area is 173 Å². The number of benzene rings is 2. The van der Waals surface area contributed by atoms with Crippen molar-refractivity contribution >= 4 is 16.9 Å². The van der Waals surface area contributed by atoms with E-state index < -0.39 is 11.9 Å². The fraction of sp³-hybridized carbons (Fsp3) is 0.304. The first-order valence-electron chi connectivity index (χ1n) is 9.91. The summed E-state index contributed by atoms with van der Waals surface area (Å²) in [4.78, 5) is 28.1. The highest BCUT2D eigenvalue weighted by Crippen LogP contribution is 2.40. The highest BCUT2D eigenvalue weighted by atomic mass is 16.5. The summed E-state index contributed by atoms with van der Waals surface area (Å²) in [5, 5.41) is 19.8. The number of phenols is 1. The Balaban J connectivity index is 1.95. The molecule has 4 rings (SSSR count). The lowest BCUT2D eigenvalue weighted by Gasteiger charge is -2.25. The van der Waals surface area contributed by atoms with Gasteiger partial charge in [-0.1, -0.05) is 17.7 Å². The van der Waals surface area contributed by atoms with Gasteiger partial charge in [-0.25, -0.2) is 0 Å². The van der Waals surface area contributed by atoms with E-state index in [2.05, 4.69) is 0 Å². The van der Waals surface area contributed by atoms with Crippen LogP contribution in [-0.4, -0.2) is 40.8 Å². The highest BCUT2D eigenvalue weighted by Gasteiger charge is 2.42. The number of amides is 1. The molecule has 7 heteroatoms. The third-order valence-electron chi connectivity index (χ3n) is 5.28. The van der Waals surface area contributed by atoms with E-state index in [-0.39, 0.29) is 41.4 Å². The molecule has 1 aliphatic rings. The number of fused-ring (bicyclic) bond motifs is 2. The molecule has 2 N–H and O–H groups in total. The number of hydrogen-bond donors (Lipinski definition) is 2. The number of aromatic hydroxyl groups is 1. The molecule has 1 aliphatic heterocycles. The highest BCUT2D eigenvalue weighted by molar-refractivity contribution is 5.99. The zero-order valence-electron chi connectivity index (χ0n) is 16.8. The van der Waals surface area contributed by atoms with Crippen LogP contribution < -0.4 is 10.2 Å². The number of rotatable bonds is 6. The molecular formula is C23H23NO6. The van der Waals surface area contributed by atoms with Gasteiger partial charge in [0.1, 0.15) is 5.58 Å². The average Bonchev–Trinajstić information content (AvgIpc) is 3.01. The standard InChI is InChI=1S/C23H23NO6/c1-3-29-18-12-14(6-7-16(18)26)20-19-21(27)15-11-13(2)5-8-17(15)30-22(19)23(28)24(20)9-4-10-25/h5-8,11-12,20,25-26H,3-4,9-10H2,1-2H3/t20-/m1/s1. The quantitative estimate of drug-likeness (QED) is 0.649. The molecule has 7 nitrogen and oxygen atoms in total. The van der Waals surface area contributed by atoms with Crippen LogP contribution in [0, 0.1) is 6.92 Å². The summed E-state index contributed by atoms with van der Waals surface area (Å²) in [7, 11) is 0. The summed E-state index contributed by atoms with van der Waals surface area (Å²) in [6, 6.07) is 9.36. The molecule has 0 unspecified atom stereocenters. The van der Waals surface area contributed by atoms with Gasteiger partial charge in [0.25, 0.3) is 5.91 Å². The van der Waals surface area contributed by atoms with E-state index in [9.17, 15) is 19.8 Å². The predicted octanol–water partition coefficient (Wildman–Crippen LogP) is 3.13. The molecule has 0 aliphatic carbocycles. The maximum absolute atomic E-state index is 13.4. The van der Waals surface area contributed by atoms with Crippen molar-refractivity contribution in [1.29, 1.82) is 0 Å². The van der Waals surface area contributed by atoms with Gasteiger partial charge in [-0.2, -0.15) is 0 Å². The second-order valence-corrected chi connectivity index (χ2v) is 7.31. The van der Waals surface area contributed by atoms with Crippen LogP contribution in [0.1, 0.15) is 46.6 Å². The normalized spacial score (nSPS) is 15.6. The van der Waals surface area contributed by atoms with Gasteiger partial charge in [0.05, 0.1) is 23.6 Å². The molecular weight excluding hydrogens is 386 g/mol. The summed E-state index contributed by atoms with van der Waals surface area (Å²) >= 11 is 0. The Morgan fingerprint density at radius 1 is 1.17 bits per heavy atom. The van der Waals surface area contributed by atoms with Crippen LogP contribution in [0.2, 0.25) is 0 Å². The number of aryl methyl sites for hydroxylation is 1. The average molecular weight is 409 g/mol. The number of carbonyl (C=O) groups excluding carboxylic acids is 1. The molecule has 3 aromatic rings. The molecule has 0 fully saturated rings. The minimum Gasteiger partial charge on any atom is -0.504 e. The molecule has 0 saturated heterocycles. The minimum absolute atomic E-state index is 0.0188. The first-order valence-corrected chi connectivity index (χ1v) is 9.91. The monoisotopic (exact) mass is 409 g/mol. The van der Waals surface area contributed by atoms with Crippen LogP contribution >= 0.6 is 0 Å². The topological polar surface area (TPSA) is 100 Å². The van der Waals surface area contributed by atoms with Crippen molar-refractivity contribution in [3.05, 3.63) is 69.1 Å². The molecule has 0 bridgehead atoms. The van der Waals surface area contributed by atoms with E-state index in [0.717, 1.165) is 5.56 Å². The van der Waals surface area contributed by atoms with Crippen LogP contribution in [-0.2, 0) is 0 Å². The molecule has 1 aromatic heterocycles. The van der Waals surface area contributed by atoms with E-state index in [0.29, 0.717) is 29.6 Å². The number of aliphatic hydroxyl groups excluding tert-OH is 1. The molecule has 30 heavy (non-hydrogen) atoms. The molecule has 2 heterocycles. The first-order chi connectivity index (χ1) is 14.5. The third-order valence-corrected chi connectivity index (χ3v) is 5.28. The fourth-order valence-corrected chi connectivity index (χ4v) is 3.92. The number of phenolic OH excluding ortho intramolecular Hbond substituents is 1. The van der Waals surface area contributed by atoms with Gasteiger partial charge in [0, 0.05) is 13.2 Å². The lowest BCUT2D eigenvalue weighted by atomic mass is 9.97. The summed E-state index contributed by atoms with van der Waals surface area (Å²) < 4.78 is 11.4. The van der Waals surface area contributed by atoms with Crippen LogP contribution in [0.3, 0.4) is 0 Å². The Morgan fingerprint density at radius 3 is 2.70 bits per heavy atom. The van der Waals surface area contributed by atoms with Crippen LogP contribution in [0.5, 0.6) is 11.5 Å². The van der Waals surface area contributed by atoms with Gasteiger partial charge in [-0.15, -0.1) is 0 Å². The molecule has 0 radical (unpaired) electrons. The van der Waals surface area contributed by atoms with Gasteiger partial charge in [-0.05, 0) is 50.1 Å². The van der Waals surface area contributed by atoms with Crippen molar-refractivity contribution in [3.63, 3.8) is 0 Å².